The van der Waals surface area contributed by atoms with Crippen molar-refractivity contribution in [2.75, 3.05) is 19.7 Å². The lowest BCUT2D eigenvalue weighted by atomic mass is 9.99. The molecule has 226 valence electrons. The highest BCUT2D eigenvalue weighted by Crippen LogP contribution is 2.38. The van der Waals surface area contributed by atoms with E-state index in [9.17, 15) is 4.79 Å². The average molecular weight is 598 g/mol. The first-order valence-corrected chi connectivity index (χ1v) is 18.0. The molecule has 2 aromatic heterocycles. The molecule has 4 aromatic rings. The molecule has 1 aliphatic heterocycles. The van der Waals surface area contributed by atoms with Gasteiger partial charge in [-0.3, -0.25) is 9.48 Å². The van der Waals surface area contributed by atoms with Gasteiger partial charge in [0.1, 0.15) is 30.1 Å². The summed E-state index contributed by atoms with van der Waals surface area (Å²) in [7, 11) is -1.91. The van der Waals surface area contributed by atoms with Crippen LogP contribution in [0.25, 0.3) is 22.5 Å². The van der Waals surface area contributed by atoms with Crippen molar-refractivity contribution in [2.24, 2.45) is 0 Å². The summed E-state index contributed by atoms with van der Waals surface area (Å²) in [4.78, 5) is 24.4. The maximum Gasteiger partial charge on any atom is 0.272 e. The number of benzene rings is 2. The third kappa shape index (κ3) is 6.73. The number of hydrogen-bond donors (Lipinski definition) is 0. The Morgan fingerprint density at radius 1 is 0.977 bits per heavy atom. The number of carbonyl (C=O) groups is 1. The molecule has 43 heavy (non-hydrogen) atoms. The van der Waals surface area contributed by atoms with Crippen molar-refractivity contribution in [3.8, 4) is 28.3 Å². The molecule has 0 saturated carbocycles. The van der Waals surface area contributed by atoms with E-state index in [-0.39, 0.29) is 10.9 Å². The fourth-order valence-corrected chi connectivity index (χ4v) is 5.95. The van der Waals surface area contributed by atoms with Gasteiger partial charge in [-0.25, -0.2) is 9.97 Å². The van der Waals surface area contributed by atoms with Crippen molar-refractivity contribution >= 4 is 14.2 Å². The molecule has 2 aromatic carbocycles. The van der Waals surface area contributed by atoms with Crippen LogP contribution >= 0.6 is 0 Å². The molecule has 0 spiro atoms. The smallest absolute Gasteiger partial charge is 0.272 e. The third-order valence-corrected chi connectivity index (χ3v) is 13.2. The Hall–Kier alpha value is -3.82. The molecule has 1 amide bonds. The SMILES string of the molecule is CC(C)c1ccc(COc2ccc(-c3c(-c4ccncn4)nn4c3C(=O)N(CCO[Si](C)(C)C(C)(C)C)CC4)cc2)cc1. The van der Waals surface area contributed by atoms with Crippen molar-refractivity contribution in [1.82, 2.24) is 24.6 Å². The van der Waals surface area contributed by atoms with Gasteiger partial charge in [-0.2, -0.15) is 5.10 Å². The second kappa shape index (κ2) is 12.4. The van der Waals surface area contributed by atoms with Crippen molar-refractivity contribution in [3.63, 3.8) is 0 Å². The highest BCUT2D eigenvalue weighted by Gasteiger charge is 2.38. The first-order chi connectivity index (χ1) is 20.4. The predicted octanol–water partition coefficient (Wildman–Crippen LogP) is 7.19. The molecule has 9 heteroatoms. The van der Waals surface area contributed by atoms with Crippen LogP contribution in [0.5, 0.6) is 5.75 Å². The third-order valence-electron chi connectivity index (χ3n) is 8.67. The van der Waals surface area contributed by atoms with Gasteiger partial charge in [0.15, 0.2) is 8.32 Å². The molecule has 0 saturated heterocycles. The van der Waals surface area contributed by atoms with E-state index in [1.165, 1.54) is 11.9 Å². The monoisotopic (exact) mass is 597 g/mol. The van der Waals surface area contributed by atoms with Crippen molar-refractivity contribution in [1.29, 1.82) is 0 Å². The van der Waals surface area contributed by atoms with Gasteiger partial charge in [-0.15, -0.1) is 0 Å². The Bertz CT molecular complexity index is 1540. The van der Waals surface area contributed by atoms with Gasteiger partial charge in [0.25, 0.3) is 5.91 Å². The topological polar surface area (TPSA) is 82.4 Å². The molecule has 1 aliphatic rings. The summed E-state index contributed by atoms with van der Waals surface area (Å²) in [5.74, 6) is 1.22. The number of hydrogen-bond acceptors (Lipinski definition) is 6. The largest absolute Gasteiger partial charge is 0.489 e. The second-order valence-corrected chi connectivity index (χ2v) is 17.8. The zero-order chi connectivity index (χ0) is 30.8. The summed E-state index contributed by atoms with van der Waals surface area (Å²) in [5, 5.41) is 4.99. The van der Waals surface area contributed by atoms with Gasteiger partial charge in [0.2, 0.25) is 0 Å². The molecule has 0 fully saturated rings. The van der Waals surface area contributed by atoms with Gasteiger partial charge < -0.3 is 14.1 Å². The summed E-state index contributed by atoms with van der Waals surface area (Å²) in [5.41, 5.74) is 6.01. The Labute approximate surface area is 256 Å². The molecule has 0 unspecified atom stereocenters. The van der Waals surface area contributed by atoms with Crippen LogP contribution in [0.1, 0.15) is 62.2 Å². The zero-order valence-corrected chi connectivity index (χ0v) is 27.4. The molecule has 5 rings (SSSR count). The molecular formula is C34H43N5O3Si. The Balaban J connectivity index is 1.38. The number of amides is 1. The number of carbonyl (C=O) groups excluding carboxylic acids is 1. The van der Waals surface area contributed by atoms with E-state index in [0.29, 0.717) is 55.8 Å². The fraction of sp³-hybridized carbons (Fsp3) is 0.412. The van der Waals surface area contributed by atoms with E-state index in [1.54, 1.807) is 6.20 Å². The number of aromatic nitrogens is 4. The first kappa shape index (κ1) is 30.6. The molecule has 3 heterocycles. The number of ether oxygens (including phenoxy) is 1. The van der Waals surface area contributed by atoms with Crippen LogP contribution in [0.3, 0.4) is 0 Å². The molecule has 0 aliphatic carbocycles. The number of fused-ring (bicyclic) bond motifs is 1. The van der Waals surface area contributed by atoms with Gasteiger partial charge in [-0.1, -0.05) is 71.0 Å². The second-order valence-electron chi connectivity index (χ2n) is 13.0. The lowest BCUT2D eigenvalue weighted by Crippen LogP contribution is -2.46. The molecule has 0 radical (unpaired) electrons. The van der Waals surface area contributed by atoms with E-state index in [1.807, 2.05) is 39.9 Å². The quantitative estimate of drug-likeness (QED) is 0.180. The minimum Gasteiger partial charge on any atom is -0.489 e. The lowest BCUT2D eigenvalue weighted by molar-refractivity contribution is 0.0666. The van der Waals surface area contributed by atoms with Crippen LogP contribution in [0, 0.1) is 0 Å². The van der Waals surface area contributed by atoms with Gasteiger partial charge in [-0.05, 0) is 58.9 Å². The van der Waals surface area contributed by atoms with E-state index >= 15 is 0 Å². The lowest BCUT2D eigenvalue weighted by Gasteiger charge is -2.37. The van der Waals surface area contributed by atoms with Crippen LogP contribution in [-0.4, -0.2) is 58.6 Å². The summed E-state index contributed by atoms with van der Waals surface area (Å²) in [6.45, 7) is 18.3. The number of nitrogens with zero attached hydrogens (tertiary/aromatic N) is 5. The maximum absolute atomic E-state index is 14.0. The van der Waals surface area contributed by atoms with Crippen molar-refractivity contribution in [2.45, 2.75) is 71.8 Å². The molecule has 0 N–H and O–H groups in total. The van der Waals surface area contributed by atoms with Gasteiger partial charge in [0, 0.05) is 24.8 Å². The Morgan fingerprint density at radius 2 is 1.70 bits per heavy atom. The van der Waals surface area contributed by atoms with E-state index < -0.39 is 8.32 Å². The molecule has 8 nitrogen and oxygen atoms in total. The van der Waals surface area contributed by atoms with E-state index in [0.717, 1.165) is 22.4 Å². The van der Waals surface area contributed by atoms with Crippen LogP contribution in [0.2, 0.25) is 18.1 Å². The fourth-order valence-electron chi connectivity index (χ4n) is 4.92. The summed E-state index contributed by atoms with van der Waals surface area (Å²) in [6.07, 6.45) is 3.20. The van der Waals surface area contributed by atoms with Crippen LogP contribution in [0.4, 0.5) is 0 Å². The maximum atomic E-state index is 14.0. The number of rotatable bonds is 10. The average Bonchev–Trinajstić information content (AvgIpc) is 3.38. The van der Waals surface area contributed by atoms with Crippen molar-refractivity contribution in [3.05, 3.63) is 83.9 Å². The molecular weight excluding hydrogens is 554 g/mol. The van der Waals surface area contributed by atoms with Gasteiger partial charge in [0.05, 0.1) is 18.8 Å². The first-order valence-electron chi connectivity index (χ1n) is 15.1. The van der Waals surface area contributed by atoms with Crippen LogP contribution in [-0.2, 0) is 17.6 Å². The standard InChI is InChI=1S/C34H43N5O3Si/c1-24(2)26-10-8-25(9-11-26)22-41-28-14-12-27(13-15-28)30-31(29-16-17-35-23-36-29)37-39-19-18-38(33(40)32(30)39)20-21-42-43(6,7)34(3,4)5/h8-17,23-24H,18-22H2,1-7H3. The summed E-state index contributed by atoms with van der Waals surface area (Å²) < 4.78 is 14.3. The van der Waals surface area contributed by atoms with E-state index in [2.05, 4.69) is 81.9 Å². The van der Waals surface area contributed by atoms with Gasteiger partial charge >= 0.3 is 0 Å². The predicted molar refractivity (Wildman–Crippen MR) is 173 cm³/mol. The van der Waals surface area contributed by atoms with Crippen LogP contribution < -0.4 is 4.74 Å². The van der Waals surface area contributed by atoms with Crippen LogP contribution in [0.15, 0.2) is 67.1 Å². The molecule has 0 atom stereocenters. The van der Waals surface area contributed by atoms with E-state index in [4.69, 9.17) is 14.3 Å². The minimum atomic E-state index is -1.91. The summed E-state index contributed by atoms with van der Waals surface area (Å²) in [6, 6.07) is 18.3. The van der Waals surface area contributed by atoms with Crippen molar-refractivity contribution < 1.29 is 14.0 Å². The minimum absolute atomic E-state index is 0.0435. The normalized spacial score (nSPS) is 13.9. The zero-order valence-electron chi connectivity index (χ0n) is 26.4. The molecule has 0 bridgehead atoms. The highest BCUT2D eigenvalue weighted by atomic mass is 28.4. The Kier molecular flexibility index (Phi) is 8.85. The summed E-state index contributed by atoms with van der Waals surface area (Å²) >= 11 is 0. The highest BCUT2D eigenvalue weighted by molar-refractivity contribution is 6.74. The Morgan fingerprint density at radius 3 is 2.33 bits per heavy atom.